The number of rotatable bonds is 3. The Morgan fingerprint density at radius 2 is 1.47 bits per heavy atom. The highest BCUT2D eigenvalue weighted by Gasteiger charge is 2.30. The van der Waals surface area contributed by atoms with Crippen molar-refractivity contribution >= 4 is 31.9 Å². The summed E-state index contributed by atoms with van der Waals surface area (Å²) in [5.41, 5.74) is 4.70. The predicted octanol–water partition coefficient (Wildman–Crippen LogP) is 5.30. The number of nitrogens with zero attached hydrogens (tertiary/aromatic N) is 2. The summed E-state index contributed by atoms with van der Waals surface area (Å²) in [6.07, 6.45) is 3.62. The summed E-state index contributed by atoms with van der Waals surface area (Å²) < 4.78 is 1.74. The van der Waals surface area contributed by atoms with E-state index in [2.05, 4.69) is 60.9 Å². The average molecular weight is 382 g/mol. The van der Waals surface area contributed by atoms with Gasteiger partial charge in [0.2, 0.25) is 0 Å². The van der Waals surface area contributed by atoms with Gasteiger partial charge in [-0.15, -0.1) is 0 Å². The molecule has 0 saturated carbocycles. The SMILES string of the molecule is CCCCC1c2ccc(Br)nc2-c2nc(Br)ccc21. The summed E-state index contributed by atoms with van der Waals surface area (Å²) >= 11 is 6.91. The minimum absolute atomic E-state index is 0.450. The molecule has 0 fully saturated rings. The number of pyridine rings is 2. The van der Waals surface area contributed by atoms with Crippen molar-refractivity contribution in [2.24, 2.45) is 0 Å². The first-order chi connectivity index (χ1) is 9.20. The van der Waals surface area contributed by atoms with E-state index in [1.807, 2.05) is 12.1 Å². The molecule has 0 amide bonds. The van der Waals surface area contributed by atoms with Crippen LogP contribution in [-0.4, -0.2) is 9.97 Å². The monoisotopic (exact) mass is 380 g/mol. The lowest BCUT2D eigenvalue weighted by Crippen LogP contribution is -1.97. The predicted molar refractivity (Wildman–Crippen MR) is 84.2 cm³/mol. The fourth-order valence-corrected chi connectivity index (χ4v) is 3.34. The summed E-state index contributed by atoms with van der Waals surface area (Å²) in [4.78, 5) is 9.26. The molecule has 0 saturated heterocycles. The highest BCUT2D eigenvalue weighted by atomic mass is 79.9. The van der Waals surface area contributed by atoms with Crippen molar-refractivity contribution in [1.29, 1.82) is 0 Å². The lowest BCUT2D eigenvalue weighted by molar-refractivity contribution is 0.658. The van der Waals surface area contributed by atoms with E-state index in [1.165, 1.54) is 30.4 Å². The van der Waals surface area contributed by atoms with Gasteiger partial charge in [0.25, 0.3) is 0 Å². The molecule has 4 heteroatoms. The smallest absolute Gasteiger partial charge is 0.106 e. The van der Waals surface area contributed by atoms with E-state index in [0.717, 1.165) is 20.6 Å². The van der Waals surface area contributed by atoms with Crippen molar-refractivity contribution < 1.29 is 0 Å². The van der Waals surface area contributed by atoms with Crippen molar-refractivity contribution in [1.82, 2.24) is 9.97 Å². The molecule has 0 bridgehead atoms. The van der Waals surface area contributed by atoms with Gasteiger partial charge in [-0.1, -0.05) is 31.9 Å². The van der Waals surface area contributed by atoms with Gasteiger partial charge in [0.05, 0.1) is 11.4 Å². The minimum Gasteiger partial charge on any atom is -0.239 e. The molecule has 3 rings (SSSR count). The van der Waals surface area contributed by atoms with Crippen LogP contribution in [0.15, 0.2) is 33.5 Å². The zero-order valence-corrected chi connectivity index (χ0v) is 13.8. The summed E-state index contributed by atoms with van der Waals surface area (Å²) in [6, 6.07) is 8.42. The maximum absolute atomic E-state index is 4.63. The fourth-order valence-electron chi connectivity index (χ4n) is 2.72. The van der Waals surface area contributed by atoms with E-state index < -0.39 is 0 Å². The first-order valence-electron chi connectivity index (χ1n) is 6.54. The Morgan fingerprint density at radius 3 is 1.95 bits per heavy atom. The van der Waals surface area contributed by atoms with Crippen molar-refractivity contribution in [3.63, 3.8) is 0 Å². The molecular formula is C15H14Br2N2. The quantitative estimate of drug-likeness (QED) is 0.673. The third-order valence-corrected chi connectivity index (χ3v) is 4.49. The third kappa shape index (κ3) is 2.36. The van der Waals surface area contributed by atoms with Gasteiger partial charge >= 0.3 is 0 Å². The lowest BCUT2D eigenvalue weighted by Gasteiger charge is -2.12. The molecule has 2 heterocycles. The Morgan fingerprint density at radius 1 is 0.947 bits per heavy atom. The second-order valence-electron chi connectivity index (χ2n) is 4.84. The van der Waals surface area contributed by atoms with E-state index in [4.69, 9.17) is 0 Å². The molecule has 2 aromatic heterocycles. The molecule has 1 aliphatic rings. The molecule has 0 aromatic carbocycles. The molecule has 2 aromatic rings. The first kappa shape index (κ1) is 13.3. The molecule has 0 atom stereocenters. The number of aromatic nitrogens is 2. The molecule has 1 aliphatic carbocycles. The normalized spacial score (nSPS) is 13.4. The van der Waals surface area contributed by atoms with E-state index in [1.54, 1.807) is 0 Å². The van der Waals surface area contributed by atoms with Crippen molar-refractivity contribution in [3.8, 4) is 11.4 Å². The molecule has 19 heavy (non-hydrogen) atoms. The summed E-state index contributed by atoms with van der Waals surface area (Å²) in [5, 5.41) is 0. The number of hydrogen-bond acceptors (Lipinski definition) is 2. The van der Waals surface area contributed by atoms with Crippen molar-refractivity contribution in [2.45, 2.75) is 32.1 Å². The van der Waals surface area contributed by atoms with E-state index in [0.29, 0.717) is 5.92 Å². The van der Waals surface area contributed by atoms with E-state index >= 15 is 0 Å². The van der Waals surface area contributed by atoms with Gasteiger partial charge in [0, 0.05) is 5.92 Å². The standard InChI is InChI=1S/C15H14Br2N2/c1-2-3-4-9-10-5-7-12(16)18-14(10)15-11(9)6-8-13(17)19-15/h5-9H,2-4H2,1H3. The molecule has 0 unspecified atom stereocenters. The molecular weight excluding hydrogens is 368 g/mol. The first-order valence-corrected chi connectivity index (χ1v) is 8.12. The van der Waals surface area contributed by atoms with Crippen molar-refractivity contribution in [3.05, 3.63) is 44.6 Å². The van der Waals surface area contributed by atoms with Crippen LogP contribution in [0.2, 0.25) is 0 Å². The maximum atomic E-state index is 4.63. The Hall–Kier alpha value is -0.740. The van der Waals surface area contributed by atoms with Crippen molar-refractivity contribution in [2.75, 3.05) is 0 Å². The molecule has 0 aliphatic heterocycles. The van der Waals surface area contributed by atoms with Gasteiger partial charge in [0.1, 0.15) is 9.21 Å². The zero-order chi connectivity index (χ0) is 13.4. The highest BCUT2D eigenvalue weighted by Crippen LogP contribution is 2.45. The number of hydrogen-bond donors (Lipinski definition) is 0. The molecule has 0 spiro atoms. The number of fused-ring (bicyclic) bond motifs is 3. The van der Waals surface area contributed by atoms with Gasteiger partial charge in [-0.3, -0.25) is 0 Å². The van der Waals surface area contributed by atoms with Crippen LogP contribution in [0.5, 0.6) is 0 Å². The van der Waals surface area contributed by atoms with Gasteiger partial charge in [-0.25, -0.2) is 9.97 Å². The van der Waals surface area contributed by atoms with Crippen LogP contribution < -0.4 is 0 Å². The summed E-state index contributed by atoms with van der Waals surface area (Å²) in [7, 11) is 0. The average Bonchev–Trinajstić information content (AvgIpc) is 2.69. The van der Waals surface area contributed by atoms with Crippen LogP contribution in [-0.2, 0) is 0 Å². The number of unbranched alkanes of at least 4 members (excludes halogenated alkanes) is 1. The van der Waals surface area contributed by atoms with Crippen LogP contribution in [0.3, 0.4) is 0 Å². The largest absolute Gasteiger partial charge is 0.239 e. The number of halogens is 2. The Labute approximate surface area is 129 Å². The topological polar surface area (TPSA) is 25.8 Å². The van der Waals surface area contributed by atoms with Gasteiger partial charge in [-0.05, 0) is 61.5 Å². The van der Waals surface area contributed by atoms with Crippen LogP contribution in [0.4, 0.5) is 0 Å². The van der Waals surface area contributed by atoms with Gasteiger partial charge in [0.15, 0.2) is 0 Å². The van der Waals surface area contributed by atoms with Gasteiger partial charge < -0.3 is 0 Å². The maximum Gasteiger partial charge on any atom is 0.106 e. The zero-order valence-electron chi connectivity index (χ0n) is 10.7. The Kier molecular flexibility index (Phi) is 3.72. The molecule has 98 valence electrons. The molecule has 0 N–H and O–H groups in total. The second-order valence-corrected chi connectivity index (χ2v) is 6.46. The lowest BCUT2D eigenvalue weighted by atomic mass is 9.93. The van der Waals surface area contributed by atoms with Crippen LogP contribution in [0, 0.1) is 0 Å². The van der Waals surface area contributed by atoms with E-state index in [-0.39, 0.29) is 0 Å². The molecule has 2 nitrogen and oxygen atoms in total. The fraction of sp³-hybridized carbons (Fsp3) is 0.333. The van der Waals surface area contributed by atoms with Gasteiger partial charge in [-0.2, -0.15) is 0 Å². The van der Waals surface area contributed by atoms with Crippen LogP contribution >= 0.6 is 31.9 Å². The Balaban J connectivity index is 2.15. The third-order valence-electron chi connectivity index (χ3n) is 3.61. The molecule has 0 radical (unpaired) electrons. The van der Waals surface area contributed by atoms with Crippen LogP contribution in [0.25, 0.3) is 11.4 Å². The summed E-state index contributed by atoms with van der Waals surface area (Å²) in [5.74, 6) is 0.450. The van der Waals surface area contributed by atoms with Crippen LogP contribution in [0.1, 0.15) is 43.2 Å². The minimum atomic E-state index is 0.450. The summed E-state index contributed by atoms with van der Waals surface area (Å²) in [6.45, 7) is 2.23. The Bertz CT molecular complexity index is 574. The second kappa shape index (κ2) is 5.33. The van der Waals surface area contributed by atoms with E-state index in [9.17, 15) is 0 Å². The highest BCUT2D eigenvalue weighted by molar-refractivity contribution is 9.10.